The summed E-state index contributed by atoms with van der Waals surface area (Å²) in [6.07, 6.45) is 3.01. The fourth-order valence-corrected chi connectivity index (χ4v) is 1.88. The molecule has 100 valence electrons. The number of aryl methyl sites for hydroxylation is 2. The SMILES string of the molecule is CCCCNC(=O)NCCc1ccc(C)cc1C. The van der Waals surface area contributed by atoms with Gasteiger partial charge in [0.1, 0.15) is 0 Å². The summed E-state index contributed by atoms with van der Waals surface area (Å²) in [4.78, 5) is 11.4. The third-order valence-electron chi connectivity index (χ3n) is 2.99. The highest BCUT2D eigenvalue weighted by molar-refractivity contribution is 5.73. The van der Waals surface area contributed by atoms with E-state index in [1.165, 1.54) is 16.7 Å². The quantitative estimate of drug-likeness (QED) is 0.747. The lowest BCUT2D eigenvalue weighted by Gasteiger charge is -2.09. The van der Waals surface area contributed by atoms with Crippen molar-refractivity contribution in [1.82, 2.24) is 10.6 Å². The minimum atomic E-state index is -0.0618. The van der Waals surface area contributed by atoms with Gasteiger partial charge in [-0.2, -0.15) is 0 Å². The minimum absolute atomic E-state index is 0.0618. The lowest BCUT2D eigenvalue weighted by Crippen LogP contribution is -2.37. The molecule has 3 heteroatoms. The number of unbranched alkanes of at least 4 members (excludes halogenated alkanes) is 1. The maximum Gasteiger partial charge on any atom is 0.314 e. The molecule has 0 atom stereocenters. The Morgan fingerprint density at radius 3 is 2.56 bits per heavy atom. The third-order valence-corrected chi connectivity index (χ3v) is 2.99. The Kier molecular flexibility index (Phi) is 6.26. The molecule has 1 rings (SSSR count). The van der Waals surface area contributed by atoms with E-state index in [-0.39, 0.29) is 6.03 Å². The monoisotopic (exact) mass is 248 g/mol. The van der Waals surface area contributed by atoms with Crippen molar-refractivity contribution >= 4 is 6.03 Å². The number of benzene rings is 1. The molecule has 1 aromatic carbocycles. The fraction of sp³-hybridized carbons (Fsp3) is 0.533. The van der Waals surface area contributed by atoms with Crippen LogP contribution in [0.15, 0.2) is 18.2 Å². The Labute approximate surface area is 110 Å². The second-order valence-electron chi connectivity index (χ2n) is 4.72. The van der Waals surface area contributed by atoms with Gasteiger partial charge in [-0.3, -0.25) is 0 Å². The van der Waals surface area contributed by atoms with Crippen molar-refractivity contribution in [2.45, 2.75) is 40.0 Å². The van der Waals surface area contributed by atoms with E-state index < -0.39 is 0 Å². The molecular weight excluding hydrogens is 224 g/mol. The Hall–Kier alpha value is -1.51. The summed E-state index contributed by atoms with van der Waals surface area (Å²) in [5, 5.41) is 5.73. The summed E-state index contributed by atoms with van der Waals surface area (Å²) < 4.78 is 0. The van der Waals surface area contributed by atoms with Gasteiger partial charge in [-0.05, 0) is 37.8 Å². The van der Waals surface area contributed by atoms with Crippen molar-refractivity contribution in [2.75, 3.05) is 13.1 Å². The average molecular weight is 248 g/mol. The Balaban J connectivity index is 2.26. The predicted octanol–water partition coefficient (Wildman–Crippen LogP) is 2.95. The van der Waals surface area contributed by atoms with E-state index in [0.717, 1.165) is 25.8 Å². The highest BCUT2D eigenvalue weighted by Crippen LogP contribution is 2.10. The van der Waals surface area contributed by atoms with E-state index in [0.29, 0.717) is 6.54 Å². The van der Waals surface area contributed by atoms with Crippen LogP contribution in [0, 0.1) is 13.8 Å². The van der Waals surface area contributed by atoms with E-state index >= 15 is 0 Å². The zero-order valence-electron chi connectivity index (χ0n) is 11.7. The molecule has 0 aromatic heterocycles. The molecular formula is C15H24N2O. The van der Waals surface area contributed by atoms with Gasteiger partial charge in [-0.1, -0.05) is 37.1 Å². The van der Waals surface area contributed by atoms with Crippen molar-refractivity contribution in [2.24, 2.45) is 0 Å². The summed E-state index contributed by atoms with van der Waals surface area (Å²) in [5.41, 5.74) is 3.87. The van der Waals surface area contributed by atoms with Gasteiger partial charge in [0.2, 0.25) is 0 Å². The van der Waals surface area contributed by atoms with Crippen LogP contribution in [0.5, 0.6) is 0 Å². The average Bonchev–Trinajstić information content (AvgIpc) is 2.32. The molecule has 2 N–H and O–H groups in total. The fourth-order valence-electron chi connectivity index (χ4n) is 1.88. The maximum atomic E-state index is 11.4. The summed E-state index contributed by atoms with van der Waals surface area (Å²) in [6.45, 7) is 7.76. The van der Waals surface area contributed by atoms with Crippen LogP contribution in [0.2, 0.25) is 0 Å². The van der Waals surface area contributed by atoms with Gasteiger partial charge in [0.25, 0.3) is 0 Å². The number of carbonyl (C=O) groups excluding carboxylic acids is 1. The highest BCUT2D eigenvalue weighted by atomic mass is 16.2. The number of rotatable bonds is 6. The van der Waals surface area contributed by atoms with Gasteiger partial charge in [-0.25, -0.2) is 4.79 Å². The molecule has 3 nitrogen and oxygen atoms in total. The number of amides is 2. The third kappa shape index (κ3) is 5.21. The molecule has 0 radical (unpaired) electrons. The Morgan fingerprint density at radius 1 is 1.17 bits per heavy atom. The number of hydrogen-bond acceptors (Lipinski definition) is 1. The predicted molar refractivity (Wildman–Crippen MR) is 75.9 cm³/mol. The number of nitrogens with one attached hydrogen (secondary N) is 2. The van der Waals surface area contributed by atoms with E-state index in [2.05, 4.69) is 49.6 Å². The van der Waals surface area contributed by atoms with Gasteiger partial charge < -0.3 is 10.6 Å². The van der Waals surface area contributed by atoms with Crippen molar-refractivity contribution < 1.29 is 4.79 Å². The van der Waals surface area contributed by atoms with Crippen LogP contribution in [0.1, 0.15) is 36.5 Å². The normalized spacial score (nSPS) is 10.2. The van der Waals surface area contributed by atoms with E-state index in [9.17, 15) is 4.79 Å². The molecule has 18 heavy (non-hydrogen) atoms. The molecule has 0 aliphatic heterocycles. The van der Waals surface area contributed by atoms with Crippen molar-refractivity contribution in [3.05, 3.63) is 34.9 Å². The van der Waals surface area contributed by atoms with Crippen LogP contribution in [-0.4, -0.2) is 19.1 Å². The highest BCUT2D eigenvalue weighted by Gasteiger charge is 2.01. The van der Waals surface area contributed by atoms with Crippen LogP contribution in [0.4, 0.5) is 4.79 Å². The first-order valence-electron chi connectivity index (χ1n) is 6.71. The van der Waals surface area contributed by atoms with Crippen LogP contribution < -0.4 is 10.6 Å². The maximum absolute atomic E-state index is 11.4. The molecule has 0 heterocycles. The number of hydrogen-bond donors (Lipinski definition) is 2. The van der Waals surface area contributed by atoms with Gasteiger partial charge in [0.15, 0.2) is 0 Å². The summed E-state index contributed by atoms with van der Waals surface area (Å²) in [6, 6.07) is 6.37. The largest absolute Gasteiger partial charge is 0.338 e. The lowest BCUT2D eigenvalue weighted by molar-refractivity contribution is 0.241. The number of urea groups is 1. The first-order chi connectivity index (χ1) is 8.63. The summed E-state index contributed by atoms with van der Waals surface area (Å²) in [5.74, 6) is 0. The van der Waals surface area contributed by atoms with Crippen molar-refractivity contribution in [1.29, 1.82) is 0 Å². The van der Waals surface area contributed by atoms with E-state index in [1.807, 2.05) is 0 Å². The molecule has 0 fully saturated rings. The molecule has 0 unspecified atom stereocenters. The zero-order chi connectivity index (χ0) is 13.4. The minimum Gasteiger partial charge on any atom is -0.338 e. The number of carbonyl (C=O) groups is 1. The first kappa shape index (κ1) is 14.6. The van der Waals surface area contributed by atoms with Gasteiger partial charge in [-0.15, -0.1) is 0 Å². The molecule has 0 saturated carbocycles. The van der Waals surface area contributed by atoms with Crippen LogP contribution in [0.3, 0.4) is 0 Å². The summed E-state index contributed by atoms with van der Waals surface area (Å²) in [7, 11) is 0. The summed E-state index contributed by atoms with van der Waals surface area (Å²) >= 11 is 0. The van der Waals surface area contributed by atoms with Crippen molar-refractivity contribution in [3.8, 4) is 0 Å². The lowest BCUT2D eigenvalue weighted by atomic mass is 10.0. The first-order valence-corrected chi connectivity index (χ1v) is 6.71. The second kappa shape index (κ2) is 7.75. The second-order valence-corrected chi connectivity index (χ2v) is 4.72. The molecule has 2 amide bonds. The molecule has 1 aromatic rings. The van der Waals surface area contributed by atoms with Crippen LogP contribution in [-0.2, 0) is 6.42 Å². The Bertz CT molecular complexity index is 388. The van der Waals surface area contributed by atoms with Crippen LogP contribution in [0.25, 0.3) is 0 Å². The Morgan fingerprint density at radius 2 is 1.89 bits per heavy atom. The molecule has 0 aliphatic carbocycles. The van der Waals surface area contributed by atoms with E-state index in [1.54, 1.807) is 0 Å². The zero-order valence-corrected chi connectivity index (χ0v) is 11.7. The van der Waals surface area contributed by atoms with E-state index in [4.69, 9.17) is 0 Å². The smallest absolute Gasteiger partial charge is 0.314 e. The van der Waals surface area contributed by atoms with Gasteiger partial charge in [0, 0.05) is 13.1 Å². The van der Waals surface area contributed by atoms with Gasteiger partial charge >= 0.3 is 6.03 Å². The van der Waals surface area contributed by atoms with Gasteiger partial charge in [0.05, 0.1) is 0 Å². The topological polar surface area (TPSA) is 41.1 Å². The standard InChI is InChI=1S/C15H24N2O/c1-4-5-9-16-15(18)17-10-8-14-7-6-12(2)11-13(14)3/h6-7,11H,4-5,8-10H2,1-3H3,(H2,16,17,18). The molecule has 0 saturated heterocycles. The van der Waals surface area contributed by atoms with Crippen molar-refractivity contribution in [3.63, 3.8) is 0 Å². The molecule has 0 aliphatic rings. The molecule has 0 bridgehead atoms. The molecule has 0 spiro atoms. The van der Waals surface area contributed by atoms with Crippen LogP contribution >= 0.6 is 0 Å².